The van der Waals surface area contributed by atoms with Crippen molar-refractivity contribution in [3.8, 4) is 0 Å². The van der Waals surface area contributed by atoms with E-state index in [-0.39, 0.29) is 69.8 Å². The number of rotatable bonds is 6. The molecule has 0 radical (unpaired) electrons. The van der Waals surface area contributed by atoms with Crippen LogP contribution in [-0.2, 0) is 33.3 Å². The third-order valence-corrected chi connectivity index (χ3v) is 14.3. The molecular weight excluding hydrogens is 560 g/mol. The summed E-state index contributed by atoms with van der Waals surface area (Å²) in [5.74, 6) is -0.241. The highest BCUT2D eigenvalue weighted by Crippen LogP contribution is 2.76. The summed E-state index contributed by atoms with van der Waals surface area (Å²) < 4.78 is 23.8. The summed E-state index contributed by atoms with van der Waals surface area (Å²) in [6.07, 6.45) is 7.40. The number of methoxy groups -OCH3 is 1. The minimum atomic E-state index is -0.898. The Balaban J connectivity index is 1.46. The van der Waals surface area contributed by atoms with Crippen molar-refractivity contribution in [3.63, 3.8) is 0 Å². The van der Waals surface area contributed by atoms with Gasteiger partial charge in [-0.2, -0.15) is 0 Å². The van der Waals surface area contributed by atoms with Crippen LogP contribution in [0.2, 0.25) is 0 Å². The Morgan fingerprint density at radius 2 is 1.50 bits per heavy atom. The number of carbonyl (C=O) groups excluding carboxylic acids is 3. The highest BCUT2D eigenvalue weighted by atomic mass is 16.6. The van der Waals surface area contributed by atoms with Crippen LogP contribution >= 0.6 is 0 Å². The SMILES string of the molecule is COC(=O)CC(=O)O[C@@H]1CC[C@@]2(C)C(CC[C@]3(C)C2C[C@@H](OC(C)=O)C2[C@@H](C4(C)CC[C@@H](C(C)(C)O)O4)CC[C@]23C)C1(C)C. The summed E-state index contributed by atoms with van der Waals surface area (Å²) in [6, 6.07) is 0. The maximum atomic E-state index is 12.7. The third kappa shape index (κ3) is 5.12. The lowest BCUT2D eigenvalue weighted by Crippen LogP contribution is -2.67. The Morgan fingerprint density at radius 3 is 2.09 bits per heavy atom. The van der Waals surface area contributed by atoms with Crippen molar-refractivity contribution in [2.75, 3.05) is 7.11 Å². The number of fused-ring (bicyclic) bond motifs is 5. The van der Waals surface area contributed by atoms with Gasteiger partial charge in [-0.05, 0) is 113 Å². The molecule has 5 fully saturated rings. The molecule has 1 heterocycles. The molecule has 0 amide bonds. The molecule has 8 nitrogen and oxygen atoms in total. The van der Waals surface area contributed by atoms with Crippen LogP contribution in [0.4, 0.5) is 0 Å². The predicted octanol–water partition coefficient (Wildman–Crippen LogP) is 6.40. The van der Waals surface area contributed by atoms with Gasteiger partial charge in [0.1, 0.15) is 18.6 Å². The van der Waals surface area contributed by atoms with Crippen LogP contribution in [0.15, 0.2) is 0 Å². The Hall–Kier alpha value is -1.67. The first-order valence-electron chi connectivity index (χ1n) is 17.1. The van der Waals surface area contributed by atoms with Crippen molar-refractivity contribution in [1.82, 2.24) is 0 Å². The van der Waals surface area contributed by atoms with E-state index in [2.05, 4.69) is 46.3 Å². The molecule has 250 valence electrons. The lowest BCUT2D eigenvalue weighted by atomic mass is 9.35. The topological polar surface area (TPSA) is 108 Å². The summed E-state index contributed by atoms with van der Waals surface area (Å²) in [4.78, 5) is 37.1. The summed E-state index contributed by atoms with van der Waals surface area (Å²) in [6.45, 7) is 19.3. The molecule has 0 aromatic rings. The summed E-state index contributed by atoms with van der Waals surface area (Å²) in [5.41, 5.74) is -1.56. The van der Waals surface area contributed by atoms with Crippen molar-refractivity contribution < 1.29 is 38.4 Å². The highest BCUT2D eigenvalue weighted by Gasteiger charge is 2.72. The Labute approximate surface area is 264 Å². The van der Waals surface area contributed by atoms with Gasteiger partial charge >= 0.3 is 17.9 Å². The number of hydrogen-bond acceptors (Lipinski definition) is 8. The van der Waals surface area contributed by atoms with Gasteiger partial charge in [0.25, 0.3) is 0 Å². The zero-order valence-corrected chi connectivity index (χ0v) is 28.9. The van der Waals surface area contributed by atoms with Gasteiger partial charge in [0.2, 0.25) is 0 Å². The zero-order chi connectivity index (χ0) is 32.7. The minimum Gasteiger partial charge on any atom is -0.469 e. The Morgan fingerprint density at radius 1 is 0.841 bits per heavy atom. The van der Waals surface area contributed by atoms with Crippen LogP contribution in [0.3, 0.4) is 0 Å². The Kier molecular flexibility index (Phi) is 8.39. The number of hydrogen-bond donors (Lipinski definition) is 1. The van der Waals surface area contributed by atoms with Gasteiger partial charge in [0.15, 0.2) is 0 Å². The molecule has 1 saturated heterocycles. The number of aliphatic hydroxyl groups is 1. The molecule has 1 N–H and O–H groups in total. The quantitative estimate of drug-likeness (QED) is 0.207. The highest BCUT2D eigenvalue weighted by molar-refractivity contribution is 5.91. The maximum absolute atomic E-state index is 12.7. The molecule has 5 rings (SSSR count). The standard InChI is InChI=1S/C36H58O8/c1-21(37)42-23-19-25-33(6)15-13-26(43-29(39)20-28(38)41-10)31(2,3)24(33)12-17-34(25,7)35(8)16-11-22(30(23)35)36(9)18-14-27(44-36)32(4,5)40/h22-27,30,40H,11-20H2,1-10H3/t22-,23+,24?,25?,26+,27-,30?,33-,34+,35+,36?/m0/s1. The van der Waals surface area contributed by atoms with E-state index >= 15 is 0 Å². The normalized spacial score (nSPS) is 46.3. The molecule has 0 bridgehead atoms. The van der Waals surface area contributed by atoms with E-state index in [1.54, 1.807) is 0 Å². The molecule has 1 aliphatic heterocycles. The molecule has 4 saturated carbocycles. The van der Waals surface area contributed by atoms with Crippen LogP contribution in [0.5, 0.6) is 0 Å². The van der Waals surface area contributed by atoms with E-state index in [1.165, 1.54) is 14.0 Å². The lowest BCUT2D eigenvalue weighted by molar-refractivity contribution is -0.254. The van der Waals surface area contributed by atoms with Crippen LogP contribution in [0, 0.1) is 45.3 Å². The molecule has 0 spiro atoms. The van der Waals surface area contributed by atoms with Crippen molar-refractivity contribution >= 4 is 17.9 Å². The number of ether oxygens (including phenoxy) is 4. The fourth-order valence-corrected chi connectivity index (χ4v) is 12.0. The molecule has 4 unspecified atom stereocenters. The van der Waals surface area contributed by atoms with E-state index in [0.29, 0.717) is 11.8 Å². The Bertz CT molecular complexity index is 1160. The van der Waals surface area contributed by atoms with Gasteiger partial charge in [-0.15, -0.1) is 0 Å². The molecule has 4 aliphatic carbocycles. The molecule has 0 aromatic carbocycles. The van der Waals surface area contributed by atoms with Gasteiger partial charge in [-0.25, -0.2) is 0 Å². The minimum absolute atomic E-state index is 0.0218. The molecule has 0 aromatic heterocycles. The monoisotopic (exact) mass is 618 g/mol. The maximum Gasteiger partial charge on any atom is 0.317 e. The van der Waals surface area contributed by atoms with Crippen molar-refractivity contribution in [2.45, 2.75) is 156 Å². The second-order valence-electron chi connectivity index (χ2n) is 17.2. The average Bonchev–Trinajstić information content (AvgIpc) is 3.49. The molecular formula is C36H58O8. The first-order valence-corrected chi connectivity index (χ1v) is 17.1. The summed E-state index contributed by atoms with van der Waals surface area (Å²) >= 11 is 0. The summed E-state index contributed by atoms with van der Waals surface area (Å²) in [5, 5.41) is 10.8. The van der Waals surface area contributed by atoms with E-state index in [0.717, 1.165) is 57.8 Å². The van der Waals surface area contributed by atoms with Gasteiger partial charge in [0.05, 0.1) is 24.4 Å². The van der Waals surface area contributed by atoms with Gasteiger partial charge in [-0.1, -0.05) is 34.6 Å². The van der Waals surface area contributed by atoms with Gasteiger partial charge in [0, 0.05) is 18.3 Å². The fourth-order valence-electron chi connectivity index (χ4n) is 12.0. The number of carbonyl (C=O) groups is 3. The van der Waals surface area contributed by atoms with E-state index < -0.39 is 17.5 Å². The second-order valence-corrected chi connectivity index (χ2v) is 17.2. The molecule has 44 heavy (non-hydrogen) atoms. The number of esters is 3. The fraction of sp³-hybridized carbons (Fsp3) is 0.917. The predicted molar refractivity (Wildman–Crippen MR) is 165 cm³/mol. The molecule has 11 atom stereocenters. The van der Waals surface area contributed by atoms with Crippen LogP contribution in [0.1, 0.15) is 127 Å². The first kappa shape index (κ1) is 33.7. The largest absolute Gasteiger partial charge is 0.469 e. The van der Waals surface area contributed by atoms with Gasteiger partial charge in [-0.3, -0.25) is 14.4 Å². The van der Waals surface area contributed by atoms with Crippen molar-refractivity contribution in [3.05, 3.63) is 0 Å². The average molecular weight is 619 g/mol. The van der Waals surface area contributed by atoms with Crippen LogP contribution < -0.4 is 0 Å². The zero-order valence-electron chi connectivity index (χ0n) is 28.9. The van der Waals surface area contributed by atoms with E-state index in [1.807, 2.05) is 13.8 Å². The first-order chi connectivity index (χ1) is 20.2. The molecule has 8 heteroatoms. The van der Waals surface area contributed by atoms with E-state index in [9.17, 15) is 19.5 Å². The third-order valence-electron chi connectivity index (χ3n) is 14.3. The lowest BCUT2D eigenvalue weighted by Gasteiger charge is -2.70. The van der Waals surface area contributed by atoms with Crippen LogP contribution in [0.25, 0.3) is 0 Å². The summed E-state index contributed by atoms with van der Waals surface area (Å²) in [7, 11) is 1.28. The molecule has 5 aliphatic rings. The van der Waals surface area contributed by atoms with Crippen molar-refractivity contribution in [1.29, 1.82) is 0 Å². The van der Waals surface area contributed by atoms with Gasteiger partial charge < -0.3 is 24.1 Å². The van der Waals surface area contributed by atoms with Crippen molar-refractivity contribution in [2.24, 2.45) is 45.3 Å². The smallest absolute Gasteiger partial charge is 0.317 e. The second kappa shape index (κ2) is 11.0. The van der Waals surface area contributed by atoms with Crippen LogP contribution in [-0.4, -0.2) is 59.6 Å². The van der Waals surface area contributed by atoms with E-state index in [4.69, 9.17) is 14.2 Å².